The summed E-state index contributed by atoms with van der Waals surface area (Å²) in [4.78, 5) is 20.3. The van der Waals surface area contributed by atoms with Gasteiger partial charge in [-0.2, -0.15) is 0 Å². The number of carbonyl (C=O) groups is 2. The van der Waals surface area contributed by atoms with E-state index in [1.807, 2.05) is 0 Å². The van der Waals surface area contributed by atoms with E-state index in [1.165, 1.54) is 7.11 Å². The summed E-state index contributed by atoms with van der Waals surface area (Å²) < 4.78 is 4.30. The summed E-state index contributed by atoms with van der Waals surface area (Å²) in [5.74, 6) is 0. The van der Waals surface area contributed by atoms with Crippen LogP contribution in [-0.2, 0) is 9.53 Å². The van der Waals surface area contributed by atoms with Gasteiger partial charge in [0, 0.05) is 12.5 Å². The molecule has 1 N–H and O–H groups in total. The number of carbonyl (C=O) groups excluding carboxylic acids is 2. The largest absolute Gasteiger partial charge is 0.453 e. The third kappa shape index (κ3) is 3.88. The highest BCUT2D eigenvalue weighted by Crippen LogP contribution is 1.86. The van der Waals surface area contributed by atoms with Gasteiger partial charge in [-0.15, -0.1) is 0 Å². The molecular formula is C6H11NO3. The molecule has 0 aromatic heterocycles. The average Bonchev–Trinajstić information content (AvgIpc) is 1.88. The maximum atomic E-state index is 10.4. The topological polar surface area (TPSA) is 55.4 Å². The standard InChI is InChI=1S/C6H11NO3/c1-5(3-4-8)7-6(9)10-2/h4-5H,3H2,1-2H3,(H,7,9). The predicted octanol–water partition coefficient (Wildman–Crippen LogP) is 0.320. The van der Waals surface area contributed by atoms with Gasteiger partial charge in [-0.3, -0.25) is 0 Å². The second kappa shape index (κ2) is 4.78. The average molecular weight is 145 g/mol. The first-order valence-electron chi connectivity index (χ1n) is 2.98. The molecule has 0 aromatic rings. The number of aldehydes is 1. The second-order valence-corrected chi connectivity index (χ2v) is 1.94. The van der Waals surface area contributed by atoms with E-state index < -0.39 is 6.09 Å². The van der Waals surface area contributed by atoms with Crippen LogP contribution >= 0.6 is 0 Å². The fraction of sp³-hybridized carbons (Fsp3) is 0.667. The van der Waals surface area contributed by atoms with E-state index in [2.05, 4.69) is 10.1 Å². The molecule has 0 bridgehead atoms. The molecule has 0 saturated heterocycles. The number of methoxy groups -OCH3 is 1. The zero-order chi connectivity index (χ0) is 7.98. The van der Waals surface area contributed by atoms with Crippen molar-refractivity contribution < 1.29 is 14.3 Å². The van der Waals surface area contributed by atoms with Gasteiger partial charge in [0.2, 0.25) is 0 Å². The monoisotopic (exact) mass is 145 g/mol. The van der Waals surface area contributed by atoms with Crippen LogP contribution in [0.3, 0.4) is 0 Å². The van der Waals surface area contributed by atoms with Crippen molar-refractivity contribution in [2.45, 2.75) is 19.4 Å². The highest BCUT2D eigenvalue weighted by atomic mass is 16.5. The lowest BCUT2D eigenvalue weighted by atomic mass is 10.3. The molecule has 4 heteroatoms. The van der Waals surface area contributed by atoms with Crippen LogP contribution in [-0.4, -0.2) is 25.5 Å². The number of ether oxygens (including phenoxy) is 1. The number of hydrogen-bond acceptors (Lipinski definition) is 3. The quantitative estimate of drug-likeness (QED) is 0.582. The normalized spacial score (nSPS) is 11.8. The lowest BCUT2D eigenvalue weighted by molar-refractivity contribution is -0.108. The van der Waals surface area contributed by atoms with Gasteiger partial charge in [0.15, 0.2) is 0 Å². The fourth-order valence-electron chi connectivity index (χ4n) is 0.463. The fourth-order valence-corrected chi connectivity index (χ4v) is 0.463. The molecule has 0 saturated carbocycles. The van der Waals surface area contributed by atoms with Crippen molar-refractivity contribution in [3.8, 4) is 0 Å². The molecule has 0 aromatic carbocycles. The summed E-state index contributed by atoms with van der Waals surface area (Å²) in [5, 5.41) is 2.44. The number of rotatable bonds is 3. The summed E-state index contributed by atoms with van der Waals surface area (Å²) in [7, 11) is 1.28. The van der Waals surface area contributed by atoms with E-state index in [4.69, 9.17) is 0 Å². The number of alkyl carbamates (subject to hydrolysis) is 1. The van der Waals surface area contributed by atoms with Gasteiger partial charge in [0.25, 0.3) is 0 Å². The minimum Gasteiger partial charge on any atom is -0.453 e. The van der Waals surface area contributed by atoms with Gasteiger partial charge in [0.05, 0.1) is 7.11 Å². The Bertz CT molecular complexity index is 124. The highest BCUT2D eigenvalue weighted by Gasteiger charge is 2.04. The second-order valence-electron chi connectivity index (χ2n) is 1.94. The summed E-state index contributed by atoms with van der Waals surface area (Å²) in [6, 6.07) is -0.148. The van der Waals surface area contributed by atoms with Crippen LogP contribution in [0.5, 0.6) is 0 Å². The molecule has 0 aliphatic rings. The van der Waals surface area contributed by atoms with Gasteiger partial charge in [-0.1, -0.05) is 0 Å². The zero-order valence-electron chi connectivity index (χ0n) is 6.09. The number of nitrogens with one attached hydrogen (secondary N) is 1. The molecule has 0 heterocycles. The van der Waals surface area contributed by atoms with Crippen LogP contribution in [0.4, 0.5) is 4.79 Å². The third-order valence-corrected chi connectivity index (χ3v) is 0.999. The van der Waals surface area contributed by atoms with E-state index in [9.17, 15) is 9.59 Å². The predicted molar refractivity (Wildman–Crippen MR) is 35.7 cm³/mol. The van der Waals surface area contributed by atoms with Gasteiger partial charge >= 0.3 is 6.09 Å². The molecule has 0 radical (unpaired) electrons. The van der Waals surface area contributed by atoms with Crippen LogP contribution in [0.15, 0.2) is 0 Å². The summed E-state index contributed by atoms with van der Waals surface area (Å²) in [6.45, 7) is 1.73. The molecule has 1 amide bonds. The third-order valence-electron chi connectivity index (χ3n) is 0.999. The number of hydrogen-bond donors (Lipinski definition) is 1. The molecule has 10 heavy (non-hydrogen) atoms. The molecule has 1 unspecified atom stereocenters. The van der Waals surface area contributed by atoms with Gasteiger partial charge in [-0.25, -0.2) is 4.79 Å². The Morgan fingerprint density at radius 2 is 2.40 bits per heavy atom. The maximum absolute atomic E-state index is 10.4. The Hall–Kier alpha value is -1.06. The van der Waals surface area contributed by atoms with Crippen molar-refractivity contribution in [1.82, 2.24) is 5.32 Å². The van der Waals surface area contributed by atoms with E-state index in [0.29, 0.717) is 6.42 Å². The van der Waals surface area contributed by atoms with Gasteiger partial charge in [-0.05, 0) is 6.92 Å². The molecule has 0 rings (SSSR count). The van der Waals surface area contributed by atoms with E-state index in [-0.39, 0.29) is 6.04 Å². The number of amides is 1. The first-order valence-corrected chi connectivity index (χ1v) is 2.98. The van der Waals surface area contributed by atoms with Crippen molar-refractivity contribution >= 4 is 12.4 Å². The van der Waals surface area contributed by atoms with Crippen LogP contribution in [0, 0.1) is 0 Å². The zero-order valence-corrected chi connectivity index (χ0v) is 6.09. The van der Waals surface area contributed by atoms with Crippen LogP contribution in [0.1, 0.15) is 13.3 Å². The molecule has 0 aliphatic carbocycles. The molecule has 1 atom stereocenters. The van der Waals surface area contributed by atoms with Crippen molar-refractivity contribution in [2.75, 3.05) is 7.11 Å². The van der Waals surface area contributed by atoms with Crippen LogP contribution in [0.25, 0.3) is 0 Å². The summed E-state index contributed by atoms with van der Waals surface area (Å²) in [6.07, 6.45) is 0.560. The van der Waals surface area contributed by atoms with Crippen LogP contribution in [0.2, 0.25) is 0 Å². The SMILES string of the molecule is COC(=O)NC(C)CC=O. The Balaban J connectivity index is 3.46. The lowest BCUT2D eigenvalue weighted by Crippen LogP contribution is -2.32. The Labute approximate surface area is 59.6 Å². The molecule has 4 nitrogen and oxygen atoms in total. The van der Waals surface area contributed by atoms with E-state index in [0.717, 1.165) is 6.29 Å². The minimum absolute atomic E-state index is 0.148. The molecule has 58 valence electrons. The molecule has 0 aliphatic heterocycles. The summed E-state index contributed by atoms with van der Waals surface area (Å²) in [5.41, 5.74) is 0. The highest BCUT2D eigenvalue weighted by molar-refractivity contribution is 5.67. The molecule has 0 fully saturated rings. The van der Waals surface area contributed by atoms with Gasteiger partial charge < -0.3 is 14.8 Å². The Morgan fingerprint density at radius 1 is 1.80 bits per heavy atom. The summed E-state index contributed by atoms with van der Waals surface area (Å²) >= 11 is 0. The van der Waals surface area contributed by atoms with E-state index >= 15 is 0 Å². The van der Waals surface area contributed by atoms with Crippen molar-refractivity contribution in [3.63, 3.8) is 0 Å². The molecule has 0 spiro atoms. The Morgan fingerprint density at radius 3 is 2.80 bits per heavy atom. The van der Waals surface area contributed by atoms with Crippen molar-refractivity contribution in [3.05, 3.63) is 0 Å². The first-order chi connectivity index (χ1) is 4.70. The Kier molecular flexibility index (Phi) is 4.28. The van der Waals surface area contributed by atoms with Crippen molar-refractivity contribution in [2.24, 2.45) is 0 Å². The minimum atomic E-state index is -0.505. The lowest BCUT2D eigenvalue weighted by Gasteiger charge is -2.07. The maximum Gasteiger partial charge on any atom is 0.407 e. The van der Waals surface area contributed by atoms with Gasteiger partial charge in [0.1, 0.15) is 6.29 Å². The molecular weight excluding hydrogens is 134 g/mol. The first kappa shape index (κ1) is 8.94. The van der Waals surface area contributed by atoms with E-state index in [1.54, 1.807) is 6.92 Å². The smallest absolute Gasteiger partial charge is 0.407 e. The van der Waals surface area contributed by atoms with Crippen molar-refractivity contribution in [1.29, 1.82) is 0 Å². The van der Waals surface area contributed by atoms with Crippen LogP contribution < -0.4 is 5.32 Å².